The van der Waals surface area contributed by atoms with Crippen molar-refractivity contribution >= 4 is 11.9 Å². The highest BCUT2D eigenvalue weighted by Gasteiger charge is 2.14. The first kappa shape index (κ1) is 14.6. The van der Waals surface area contributed by atoms with Crippen LogP contribution in [0.15, 0.2) is 48.5 Å². The fourth-order valence-corrected chi connectivity index (χ4v) is 1.83. The largest absolute Gasteiger partial charge is 0.481 e. The minimum absolute atomic E-state index is 0.000237. The van der Waals surface area contributed by atoms with Crippen LogP contribution in [0, 0.1) is 0 Å². The molecular formula is C16H14O5. The third-order valence-electron chi connectivity index (χ3n) is 2.89. The van der Waals surface area contributed by atoms with Gasteiger partial charge in [-0.1, -0.05) is 36.4 Å². The van der Waals surface area contributed by atoms with Crippen LogP contribution in [-0.4, -0.2) is 30.8 Å². The maximum Gasteiger partial charge on any atom is 0.343 e. The van der Waals surface area contributed by atoms with Crippen molar-refractivity contribution in [2.75, 3.05) is 13.7 Å². The van der Waals surface area contributed by atoms with E-state index in [1.165, 1.54) is 19.2 Å². The fourth-order valence-electron chi connectivity index (χ4n) is 1.83. The Labute approximate surface area is 121 Å². The highest BCUT2D eigenvalue weighted by atomic mass is 16.6. The van der Waals surface area contributed by atoms with Gasteiger partial charge in [0.25, 0.3) is 0 Å². The molecule has 0 heterocycles. The standard InChI is InChI=1S/C16H14O5/c1-20-15(17)10-21-14-8-7-12(9-13(14)16(18)19)11-5-3-2-4-6-11/h2-9H,10H2,1H3,(H,18,19). The zero-order valence-corrected chi connectivity index (χ0v) is 11.4. The van der Waals surface area contributed by atoms with Crippen LogP contribution in [0.1, 0.15) is 10.4 Å². The van der Waals surface area contributed by atoms with Crippen LogP contribution in [0.3, 0.4) is 0 Å². The molecule has 0 spiro atoms. The molecule has 0 amide bonds. The van der Waals surface area contributed by atoms with E-state index in [1.807, 2.05) is 30.3 Å². The van der Waals surface area contributed by atoms with Gasteiger partial charge in [0.2, 0.25) is 0 Å². The quantitative estimate of drug-likeness (QED) is 0.855. The SMILES string of the molecule is COC(=O)COc1ccc(-c2ccccc2)cc1C(=O)O. The number of benzene rings is 2. The number of esters is 1. The van der Waals surface area contributed by atoms with Gasteiger partial charge < -0.3 is 14.6 Å². The number of carboxylic acids is 1. The first-order valence-electron chi connectivity index (χ1n) is 6.24. The van der Waals surface area contributed by atoms with Crippen LogP contribution in [0.2, 0.25) is 0 Å². The Kier molecular flexibility index (Phi) is 4.56. The van der Waals surface area contributed by atoms with E-state index >= 15 is 0 Å². The van der Waals surface area contributed by atoms with E-state index in [2.05, 4.69) is 4.74 Å². The summed E-state index contributed by atoms with van der Waals surface area (Å²) in [4.78, 5) is 22.4. The molecule has 0 atom stereocenters. The summed E-state index contributed by atoms with van der Waals surface area (Å²) in [5.74, 6) is -1.56. The summed E-state index contributed by atoms with van der Waals surface area (Å²) in [5.41, 5.74) is 1.66. The van der Waals surface area contributed by atoms with Crippen LogP contribution < -0.4 is 4.74 Å². The molecule has 5 nitrogen and oxygen atoms in total. The van der Waals surface area contributed by atoms with E-state index in [0.717, 1.165) is 11.1 Å². The van der Waals surface area contributed by atoms with Gasteiger partial charge in [-0.3, -0.25) is 0 Å². The number of methoxy groups -OCH3 is 1. The second-order valence-electron chi connectivity index (χ2n) is 4.25. The molecule has 0 aliphatic carbocycles. The predicted molar refractivity (Wildman–Crippen MR) is 76.3 cm³/mol. The number of carbonyl (C=O) groups is 2. The van der Waals surface area contributed by atoms with Gasteiger partial charge in [0.15, 0.2) is 6.61 Å². The molecule has 0 aliphatic heterocycles. The van der Waals surface area contributed by atoms with Crippen LogP contribution in [0.25, 0.3) is 11.1 Å². The molecule has 0 bridgehead atoms. The zero-order chi connectivity index (χ0) is 15.2. The Bertz CT molecular complexity index is 649. The predicted octanol–water partition coefficient (Wildman–Crippen LogP) is 2.60. The Balaban J connectivity index is 2.31. The summed E-state index contributed by atoms with van der Waals surface area (Å²) in [5, 5.41) is 9.26. The third-order valence-corrected chi connectivity index (χ3v) is 2.89. The summed E-state index contributed by atoms with van der Waals surface area (Å²) < 4.78 is 9.64. The number of rotatable bonds is 5. The van der Waals surface area contributed by atoms with Crippen LogP contribution >= 0.6 is 0 Å². The normalized spacial score (nSPS) is 9.95. The Morgan fingerprint density at radius 1 is 1.05 bits per heavy atom. The Hall–Kier alpha value is -2.82. The first-order valence-corrected chi connectivity index (χ1v) is 6.24. The van der Waals surface area contributed by atoms with Gasteiger partial charge >= 0.3 is 11.9 Å². The summed E-state index contributed by atoms with van der Waals surface area (Å²) in [6.45, 7) is -0.332. The van der Waals surface area contributed by atoms with Crippen LogP contribution in [0.4, 0.5) is 0 Å². The molecule has 2 aromatic carbocycles. The van der Waals surface area contributed by atoms with Crippen molar-refractivity contribution in [3.8, 4) is 16.9 Å². The van der Waals surface area contributed by atoms with Crippen molar-refractivity contribution in [3.05, 3.63) is 54.1 Å². The molecule has 21 heavy (non-hydrogen) atoms. The highest BCUT2D eigenvalue weighted by Crippen LogP contribution is 2.26. The van der Waals surface area contributed by atoms with Crippen LogP contribution in [0.5, 0.6) is 5.75 Å². The van der Waals surface area contributed by atoms with E-state index in [9.17, 15) is 14.7 Å². The maximum absolute atomic E-state index is 11.3. The molecule has 5 heteroatoms. The van der Waals surface area contributed by atoms with Gasteiger partial charge in [0, 0.05) is 0 Å². The number of aromatic carboxylic acids is 1. The van der Waals surface area contributed by atoms with Crippen molar-refractivity contribution in [1.82, 2.24) is 0 Å². The number of carbonyl (C=O) groups excluding carboxylic acids is 1. The molecule has 0 aliphatic rings. The molecule has 2 rings (SSSR count). The smallest absolute Gasteiger partial charge is 0.343 e. The lowest BCUT2D eigenvalue weighted by atomic mass is 10.0. The zero-order valence-electron chi connectivity index (χ0n) is 11.4. The molecular weight excluding hydrogens is 272 g/mol. The average Bonchev–Trinajstić information content (AvgIpc) is 2.53. The van der Waals surface area contributed by atoms with Gasteiger partial charge in [-0.25, -0.2) is 9.59 Å². The lowest BCUT2D eigenvalue weighted by molar-refractivity contribution is -0.142. The van der Waals surface area contributed by atoms with E-state index < -0.39 is 11.9 Å². The second-order valence-corrected chi connectivity index (χ2v) is 4.25. The number of hydrogen-bond donors (Lipinski definition) is 1. The van der Waals surface area contributed by atoms with E-state index in [-0.39, 0.29) is 17.9 Å². The van der Waals surface area contributed by atoms with Crippen LogP contribution in [-0.2, 0) is 9.53 Å². The molecule has 108 valence electrons. The Morgan fingerprint density at radius 2 is 1.76 bits per heavy atom. The summed E-state index contributed by atoms with van der Waals surface area (Å²) >= 11 is 0. The van der Waals surface area contributed by atoms with Crippen molar-refractivity contribution < 1.29 is 24.2 Å². The van der Waals surface area contributed by atoms with Crippen molar-refractivity contribution in [3.63, 3.8) is 0 Å². The lowest BCUT2D eigenvalue weighted by Crippen LogP contribution is -2.14. The summed E-state index contributed by atoms with van der Waals surface area (Å²) in [6, 6.07) is 14.2. The minimum Gasteiger partial charge on any atom is -0.481 e. The molecule has 0 fully saturated rings. The molecule has 0 saturated carbocycles. The first-order chi connectivity index (χ1) is 10.1. The monoisotopic (exact) mass is 286 g/mol. The molecule has 1 N–H and O–H groups in total. The van der Waals surface area contributed by atoms with Crippen molar-refractivity contribution in [2.45, 2.75) is 0 Å². The van der Waals surface area contributed by atoms with Gasteiger partial charge in [0.1, 0.15) is 11.3 Å². The maximum atomic E-state index is 11.3. The van der Waals surface area contributed by atoms with E-state index in [4.69, 9.17) is 4.74 Å². The lowest BCUT2D eigenvalue weighted by Gasteiger charge is -2.10. The molecule has 0 aromatic heterocycles. The number of hydrogen-bond acceptors (Lipinski definition) is 4. The second kappa shape index (κ2) is 6.56. The van der Waals surface area contributed by atoms with E-state index in [0.29, 0.717) is 0 Å². The van der Waals surface area contributed by atoms with Gasteiger partial charge in [0.05, 0.1) is 7.11 Å². The summed E-state index contributed by atoms with van der Waals surface area (Å²) in [7, 11) is 1.24. The van der Waals surface area contributed by atoms with Crippen molar-refractivity contribution in [1.29, 1.82) is 0 Å². The van der Waals surface area contributed by atoms with Crippen molar-refractivity contribution in [2.24, 2.45) is 0 Å². The molecule has 2 aromatic rings. The van der Waals surface area contributed by atoms with Gasteiger partial charge in [-0.05, 0) is 23.3 Å². The molecule has 0 radical (unpaired) electrons. The number of ether oxygens (including phenoxy) is 2. The Morgan fingerprint density at radius 3 is 2.38 bits per heavy atom. The molecule has 0 saturated heterocycles. The van der Waals surface area contributed by atoms with E-state index in [1.54, 1.807) is 6.07 Å². The number of carboxylic acid groups (broad SMARTS) is 1. The topological polar surface area (TPSA) is 72.8 Å². The van der Waals surface area contributed by atoms with Gasteiger partial charge in [-0.2, -0.15) is 0 Å². The minimum atomic E-state index is -1.12. The third kappa shape index (κ3) is 3.60. The molecule has 0 unspecified atom stereocenters. The fraction of sp³-hybridized carbons (Fsp3) is 0.125. The van der Waals surface area contributed by atoms with Gasteiger partial charge in [-0.15, -0.1) is 0 Å². The highest BCUT2D eigenvalue weighted by molar-refractivity contribution is 5.92. The summed E-state index contributed by atoms with van der Waals surface area (Å²) in [6.07, 6.45) is 0. The average molecular weight is 286 g/mol.